The van der Waals surface area contributed by atoms with Crippen molar-refractivity contribution in [1.82, 2.24) is 0 Å². The van der Waals surface area contributed by atoms with Gasteiger partial charge in [0.1, 0.15) is 0 Å². The highest BCUT2D eigenvalue weighted by atomic mass is 35.5. The van der Waals surface area contributed by atoms with Gasteiger partial charge in [-0.1, -0.05) is 44.5 Å². The summed E-state index contributed by atoms with van der Waals surface area (Å²) in [6, 6.07) is 6.28. The molecular weight excluding hydrogens is 232 g/mol. The Balaban J connectivity index is 3.16. The average molecular weight is 255 g/mol. The topological polar surface area (TPSA) is 29.3 Å². The molecule has 0 saturated heterocycles. The summed E-state index contributed by atoms with van der Waals surface area (Å²) in [5.74, 6) is 0. The minimum atomic E-state index is 0.194. The second kappa shape index (κ2) is 5.28. The Bertz CT molecular complexity index is 382. The quantitative estimate of drug-likeness (QED) is 0.892. The zero-order chi connectivity index (χ0) is 13.2. The molecule has 0 fully saturated rings. The molecule has 1 unspecified atom stereocenters. The van der Waals surface area contributed by atoms with E-state index in [4.69, 9.17) is 17.3 Å². The van der Waals surface area contributed by atoms with Gasteiger partial charge in [-0.25, -0.2) is 0 Å². The third kappa shape index (κ3) is 3.14. The van der Waals surface area contributed by atoms with Crippen LogP contribution >= 0.6 is 11.6 Å². The van der Waals surface area contributed by atoms with E-state index < -0.39 is 0 Å². The molecule has 0 aromatic heterocycles. The summed E-state index contributed by atoms with van der Waals surface area (Å²) in [4.78, 5) is 2.23. The first-order valence-corrected chi connectivity index (χ1v) is 6.37. The number of rotatable bonds is 3. The summed E-state index contributed by atoms with van der Waals surface area (Å²) >= 11 is 6.30. The van der Waals surface area contributed by atoms with E-state index in [-0.39, 0.29) is 5.41 Å². The summed E-state index contributed by atoms with van der Waals surface area (Å²) in [5.41, 5.74) is 8.12. The van der Waals surface area contributed by atoms with Crippen LogP contribution in [-0.2, 0) is 6.54 Å². The fourth-order valence-corrected chi connectivity index (χ4v) is 2.22. The van der Waals surface area contributed by atoms with E-state index >= 15 is 0 Å². The largest absolute Gasteiger partial charge is 0.370 e. The predicted molar refractivity (Wildman–Crippen MR) is 76.7 cm³/mol. The lowest BCUT2D eigenvalue weighted by atomic mass is 9.86. The van der Waals surface area contributed by atoms with Crippen LogP contribution in [-0.4, -0.2) is 13.1 Å². The number of nitrogens with zero attached hydrogens (tertiary/aromatic N) is 1. The van der Waals surface area contributed by atoms with Crippen LogP contribution in [0.25, 0.3) is 0 Å². The Morgan fingerprint density at radius 2 is 1.94 bits per heavy atom. The Kier molecular flexibility index (Phi) is 4.45. The van der Waals surface area contributed by atoms with E-state index in [1.165, 1.54) is 0 Å². The smallest absolute Gasteiger partial charge is 0.0642 e. The number of anilines is 1. The van der Waals surface area contributed by atoms with Gasteiger partial charge in [0.25, 0.3) is 0 Å². The molecule has 0 saturated carbocycles. The molecule has 0 aliphatic heterocycles. The summed E-state index contributed by atoms with van der Waals surface area (Å²) < 4.78 is 0. The molecule has 2 N–H and O–H groups in total. The monoisotopic (exact) mass is 254 g/mol. The number of halogens is 1. The molecule has 1 rings (SSSR count). The average Bonchev–Trinajstić information content (AvgIpc) is 2.25. The van der Waals surface area contributed by atoms with Gasteiger partial charge in [-0.05, 0) is 24.0 Å². The number of nitrogens with two attached hydrogens (primary N) is 1. The van der Waals surface area contributed by atoms with Crippen LogP contribution in [0.3, 0.4) is 0 Å². The highest BCUT2D eigenvalue weighted by Gasteiger charge is 2.26. The molecule has 0 heterocycles. The van der Waals surface area contributed by atoms with E-state index in [2.05, 4.69) is 39.6 Å². The molecular formula is C14H23ClN2. The van der Waals surface area contributed by atoms with Gasteiger partial charge in [0, 0.05) is 19.6 Å². The second-order valence-electron chi connectivity index (χ2n) is 5.60. The van der Waals surface area contributed by atoms with Crippen molar-refractivity contribution in [2.24, 2.45) is 11.1 Å². The van der Waals surface area contributed by atoms with E-state index in [1.54, 1.807) is 0 Å². The first kappa shape index (κ1) is 14.3. The van der Waals surface area contributed by atoms with Crippen LogP contribution in [0.2, 0.25) is 5.02 Å². The van der Waals surface area contributed by atoms with Gasteiger partial charge in [-0.2, -0.15) is 0 Å². The van der Waals surface area contributed by atoms with Gasteiger partial charge in [-0.15, -0.1) is 0 Å². The third-order valence-electron chi connectivity index (χ3n) is 3.48. The summed E-state index contributed by atoms with van der Waals surface area (Å²) in [6.45, 7) is 9.41. The fourth-order valence-electron chi connectivity index (χ4n) is 1.89. The van der Waals surface area contributed by atoms with E-state index in [0.29, 0.717) is 12.6 Å². The van der Waals surface area contributed by atoms with Crippen molar-refractivity contribution < 1.29 is 0 Å². The van der Waals surface area contributed by atoms with E-state index in [9.17, 15) is 0 Å². The van der Waals surface area contributed by atoms with Gasteiger partial charge in [0.2, 0.25) is 0 Å². The van der Waals surface area contributed by atoms with Crippen molar-refractivity contribution in [1.29, 1.82) is 0 Å². The lowest BCUT2D eigenvalue weighted by Crippen LogP contribution is -2.40. The number of para-hydroxylation sites is 1. The molecule has 2 nitrogen and oxygen atoms in total. The number of hydrogen-bond donors (Lipinski definition) is 1. The Morgan fingerprint density at radius 1 is 1.35 bits per heavy atom. The van der Waals surface area contributed by atoms with Crippen molar-refractivity contribution in [2.45, 2.75) is 40.3 Å². The summed E-state index contributed by atoms with van der Waals surface area (Å²) in [6.07, 6.45) is 0. The third-order valence-corrected chi connectivity index (χ3v) is 3.78. The summed E-state index contributed by atoms with van der Waals surface area (Å²) in [7, 11) is 2.08. The van der Waals surface area contributed by atoms with Gasteiger partial charge < -0.3 is 10.6 Å². The molecule has 0 bridgehead atoms. The SMILES string of the molecule is CC(N(C)c1c(Cl)cccc1CN)C(C)(C)C. The van der Waals surface area contributed by atoms with Crippen LogP contribution in [0, 0.1) is 5.41 Å². The molecule has 1 atom stereocenters. The number of hydrogen-bond acceptors (Lipinski definition) is 2. The van der Waals surface area contributed by atoms with Crippen molar-refractivity contribution in [3.05, 3.63) is 28.8 Å². The first-order valence-electron chi connectivity index (χ1n) is 5.99. The van der Waals surface area contributed by atoms with Crippen molar-refractivity contribution >= 4 is 17.3 Å². The van der Waals surface area contributed by atoms with Crippen LogP contribution in [0.15, 0.2) is 18.2 Å². The maximum atomic E-state index is 6.30. The normalized spacial score (nSPS) is 13.6. The van der Waals surface area contributed by atoms with Crippen LogP contribution in [0.1, 0.15) is 33.3 Å². The van der Waals surface area contributed by atoms with Crippen LogP contribution < -0.4 is 10.6 Å². The Morgan fingerprint density at radius 3 is 2.41 bits per heavy atom. The molecule has 0 amide bonds. The molecule has 1 aromatic carbocycles. The van der Waals surface area contributed by atoms with Gasteiger partial charge in [-0.3, -0.25) is 0 Å². The first-order chi connectivity index (χ1) is 7.79. The lowest BCUT2D eigenvalue weighted by Gasteiger charge is -2.38. The molecule has 0 aliphatic carbocycles. The minimum absolute atomic E-state index is 0.194. The maximum absolute atomic E-state index is 6.30. The highest BCUT2D eigenvalue weighted by molar-refractivity contribution is 6.33. The van der Waals surface area contributed by atoms with Crippen molar-refractivity contribution in [3.63, 3.8) is 0 Å². The van der Waals surface area contributed by atoms with E-state index in [1.807, 2.05) is 18.2 Å². The zero-order valence-corrected chi connectivity index (χ0v) is 12.2. The van der Waals surface area contributed by atoms with Crippen molar-refractivity contribution in [2.75, 3.05) is 11.9 Å². The van der Waals surface area contributed by atoms with Crippen molar-refractivity contribution in [3.8, 4) is 0 Å². The zero-order valence-electron chi connectivity index (χ0n) is 11.4. The van der Waals surface area contributed by atoms with E-state index in [0.717, 1.165) is 16.3 Å². The standard InChI is InChI=1S/C14H23ClN2/c1-10(14(2,3)4)17(5)13-11(9-16)7-6-8-12(13)15/h6-8,10H,9,16H2,1-5H3. The minimum Gasteiger partial charge on any atom is -0.370 e. The number of benzene rings is 1. The lowest BCUT2D eigenvalue weighted by molar-refractivity contribution is 0.329. The molecule has 0 aliphatic rings. The summed E-state index contributed by atoms with van der Waals surface area (Å²) in [5, 5.41) is 0.770. The predicted octanol–water partition coefficient (Wildman–Crippen LogP) is 3.67. The highest BCUT2D eigenvalue weighted by Crippen LogP contribution is 2.34. The van der Waals surface area contributed by atoms with Crippen LogP contribution in [0.5, 0.6) is 0 Å². The van der Waals surface area contributed by atoms with Crippen LogP contribution in [0.4, 0.5) is 5.69 Å². The van der Waals surface area contributed by atoms with Gasteiger partial charge in [0.15, 0.2) is 0 Å². The maximum Gasteiger partial charge on any atom is 0.0642 e. The molecule has 1 aromatic rings. The fraction of sp³-hybridized carbons (Fsp3) is 0.571. The second-order valence-corrected chi connectivity index (χ2v) is 6.01. The molecule has 0 spiro atoms. The molecule has 96 valence electrons. The van der Waals surface area contributed by atoms with Gasteiger partial charge >= 0.3 is 0 Å². The molecule has 3 heteroatoms. The molecule has 17 heavy (non-hydrogen) atoms. The Hall–Kier alpha value is -0.730. The van der Waals surface area contributed by atoms with Gasteiger partial charge in [0.05, 0.1) is 10.7 Å². The Labute approximate surface area is 110 Å². The molecule has 0 radical (unpaired) electrons.